The molecule has 0 saturated heterocycles. The maximum Gasteiger partial charge on any atom is 0.256 e. The fraction of sp³-hybridized carbons (Fsp3) is 0.217. The largest absolute Gasteiger partial charge is 0.368 e. The number of nitrogens with zero attached hydrogens (tertiary/aromatic N) is 3. The number of nitrogen functional groups attached to an aromatic ring is 1. The SMILES string of the molecule is Cc1ccc(C(=O)Nc2cc(C(C)(C)C)on2)cc1-c1ccc2nc(N)ncc2c1. The van der Waals surface area contributed by atoms with E-state index in [1.165, 1.54) is 0 Å². The van der Waals surface area contributed by atoms with E-state index in [-0.39, 0.29) is 17.3 Å². The molecule has 0 fully saturated rings. The van der Waals surface area contributed by atoms with Crippen LogP contribution >= 0.6 is 0 Å². The van der Waals surface area contributed by atoms with E-state index in [4.69, 9.17) is 10.3 Å². The van der Waals surface area contributed by atoms with Crippen LogP contribution in [0.15, 0.2) is 53.2 Å². The number of amides is 1. The molecule has 0 atom stereocenters. The van der Waals surface area contributed by atoms with Crippen molar-refractivity contribution in [1.29, 1.82) is 0 Å². The molecular formula is C23H23N5O2. The molecule has 152 valence electrons. The van der Waals surface area contributed by atoms with Crippen LogP contribution in [-0.4, -0.2) is 21.0 Å². The average molecular weight is 401 g/mol. The summed E-state index contributed by atoms with van der Waals surface area (Å²) in [4.78, 5) is 21.1. The summed E-state index contributed by atoms with van der Waals surface area (Å²) in [5, 5.41) is 7.65. The summed E-state index contributed by atoms with van der Waals surface area (Å²) in [5.74, 6) is 1.10. The Morgan fingerprint density at radius 2 is 1.90 bits per heavy atom. The highest BCUT2D eigenvalue weighted by Gasteiger charge is 2.20. The molecule has 4 aromatic rings. The van der Waals surface area contributed by atoms with Crippen LogP contribution in [0.3, 0.4) is 0 Å². The predicted molar refractivity (Wildman–Crippen MR) is 117 cm³/mol. The van der Waals surface area contributed by atoms with Gasteiger partial charge < -0.3 is 15.6 Å². The van der Waals surface area contributed by atoms with E-state index in [0.717, 1.165) is 27.6 Å². The third-order valence-corrected chi connectivity index (χ3v) is 4.90. The second-order valence-electron chi connectivity index (χ2n) is 8.31. The van der Waals surface area contributed by atoms with Gasteiger partial charge in [-0.05, 0) is 47.9 Å². The number of benzene rings is 2. The fourth-order valence-electron chi connectivity index (χ4n) is 3.17. The van der Waals surface area contributed by atoms with Gasteiger partial charge in [0.2, 0.25) is 5.95 Å². The maximum atomic E-state index is 12.8. The van der Waals surface area contributed by atoms with Crippen LogP contribution in [0, 0.1) is 6.92 Å². The molecule has 0 aliphatic carbocycles. The molecule has 4 rings (SSSR count). The molecule has 0 unspecified atom stereocenters. The van der Waals surface area contributed by atoms with Crippen LogP contribution in [0.1, 0.15) is 42.5 Å². The summed E-state index contributed by atoms with van der Waals surface area (Å²) >= 11 is 0. The number of carbonyl (C=O) groups excluding carboxylic acids is 1. The Morgan fingerprint density at radius 1 is 1.10 bits per heavy atom. The first-order valence-electron chi connectivity index (χ1n) is 9.62. The Kier molecular flexibility index (Phi) is 4.73. The van der Waals surface area contributed by atoms with Gasteiger partial charge in [-0.2, -0.15) is 0 Å². The first kappa shape index (κ1) is 19.6. The van der Waals surface area contributed by atoms with Crippen LogP contribution in [0.5, 0.6) is 0 Å². The minimum Gasteiger partial charge on any atom is -0.368 e. The number of carbonyl (C=O) groups is 1. The molecule has 0 bridgehead atoms. The first-order chi connectivity index (χ1) is 14.2. The number of hydrogen-bond acceptors (Lipinski definition) is 6. The summed E-state index contributed by atoms with van der Waals surface area (Å²) in [6, 6.07) is 13.2. The van der Waals surface area contributed by atoms with Crippen LogP contribution in [-0.2, 0) is 5.41 Å². The predicted octanol–water partition coefficient (Wildman–Crippen LogP) is 4.73. The summed E-state index contributed by atoms with van der Waals surface area (Å²) in [6.45, 7) is 8.07. The quantitative estimate of drug-likeness (QED) is 0.514. The zero-order valence-electron chi connectivity index (χ0n) is 17.4. The Bertz CT molecular complexity index is 1250. The lowest BCUT2D eigenvalue weighted by Gasteiger charge is -2.12. The molecule has 2 aromatic heterocycles. The Labute approximate surface area is 174 Å². The Balaban J connectivity index is 1.64. The van der Waals surface area contributed by atoms with Crippen molar-refractivity contribution in [2.45, 2.75) is 33.1 Å². The van der Waals surface area contributed by atoms with Crippen molar-refractivity contribution in [3.8, 4) is 11.1 Å². The Hall–Kier alpha value is -3.74. The molecule has 0 aliphatic rings. The van der Waals surface area contributed by atoms with Gasteiger partial charge in [0.15, 0.2) is 5.82 Å². The summed E-state index contributed by atoms with van der Waals surface area (Å²) in [7, 11) is 0. The van der Waals surface area contributed by atoms with E-state index in [0.29, 0.717) is 17.1 Å². The highest BCUT2D eigenvalue weighted by atomic mass is 16.5. The maximum absolute atomic E-state index is 12.8. The van der Waals surface area contributed by atoms with E-state index < -0.39 is 0 Å². The fourth-order valence-corrected chi connectivity index (χ4v) is 3.17. The summed E-state index contributed by atoms with van der Waals surface area (Å²) in [6.07, 6.45) is 1.70. The number of aryl methyl sites for hydroxylation is 1. The van der Waals surface area contributed by atoms with Gasteiger partial charge >= 0.3 is 0 Å². The van der Waals surface area contributed by atoms with Crippen molar-refractivity contribution < 1.29 is 9.32 Å². The van der Waals surface area contributed by atoms with E-state index >= 15 is 0 Å². The van der Waals surface area contributed by atoms with Gasteiger partial charge in [-0.25, -0.2) is 9.97 Å². The number of anilines is 2. The van der Waals surface area contributed by atoms with Gasteiger partial charge in [-0.1, -0.05) is 38.1 Å². The van der Waals surface area contributed by atoms with Crippen LogP contribution in [0.4, 0.5) is 11.8 Å². The molecule has 0 saturated carbocycles. The second kappa shape index (κ2) is 7.26. The lowest BCUT2D eigenvalue weighted by atomic mass is 9.93. The van der Waals surface area contributed by atoms with E-state index in [1.54, 1.807) is 18.3 Å². The smallest absolute Gasteiger partial charge is 0.256 e. The monoisotopic (exact) mass is 401 g/mol. The molecule has 2 heterocycles. The van der Waals surface area contributed by atoms with Crippen LogP contribution in [0.25, 0.3) is 22.0 Å². The van der Waals surface area contributed by atoms with Crippen molar-refractivity contribution in [1.82, 2.24) is 15.1 Å². The highest BCUT2D eigenvalue weighted by Crippen LogP contribution is 2.28. The lowest BCUT2D eigenvalue weighted by molar-refractivity contribution is 0.102. The van der Waals surface area contributed by atoms with Gasteiger partial charge in [0.1, 0.15) is 5.76 Å². The molecule has 7 heteroatoms. The van der Waals surface area contributed by atoms with Crippen LogP contribution in [0.2, 0.25) is 0 Å². The minimum absolute atomic E-state index is 0.183. The number of aromatic nitrogens is 3. The van der Waals surface area contributed by atoms with E-state index in [1.807, 2.05) is 58.0 Å². The van der Waals surface area contributed by atoms with Crippen molar-refractivity contribution in [3.63, 3.8) is 0 Å². The van der Waals surface area contributed by atoms with Crippen molar-refractivity contribution >= 4 is 28.6 Å². The molecule has 1 amide bonds. The average Bonchev–Trinajstić information content (AvgIpc) is 3.17. The third-order valence-electron chi connectivity index (χ3n) is 4.90. The number of fused-ring (bicyclic) bond motifs is 1. The van der Waals surface area contributed by atoms with Gasteiger partial charge in [0.05, 0.1) is 5.52 Å². The van der Waals surface area contributed by atoms with E-state index in [2.05, 4.69) is 20.4 Å². The normalized spacial score (nSPS) is 11.6. The molecule has 0 aliphatic heterocycles. The number of hydrogen-bond donors (Lipinski definition) is 2. The lowest BCUT2D eigenvalue weighted by Crippen LogP contribution is -2.12. The number of nitrogens with two attached hydrogens (primary N) is 1. The van der Waals surface area contributed by atoms with E-state index in [9.17, 15) is 4.79 Å². The van der Waals surface area contributed by atoms with Gasteiger partial charge in [-0.15, -0.1) is 0 Å². The summed E-state index contributed by atoms with van der Waals surface area (Å²) in [5.41, 5.74) is 9.77. The molecule has 2 aromatic carbocycles. The van der Waals surface area contributed by atoms with Crippen molar-refractivity contribution in [2.24, 2.45) is 0 Å². The molecule has 3 N–H and O–H groups in total. The molecule has 0 spiro atoms. The van der Waals surface area contributed by atoms with Gasteiger partial charge in [-0.3, -0.25) is 4.79 Å². The zero-order valence-corrected chi connectivity index (χ0v) is 17.4. The zero-order chi connectivity index (χ0) is 21.5. The standard InChI is InChI=1S/C23H23N5O2/c1-13-5-6-15(21(29)27-20-11-19(30-28-20)23(2,3)4)10-17(13)14-7-8-18-16(9-14)12-25-22(24)26-18/h5-12H,1-4H3,(H2,24,25,26)(H,27,28,29). The molecule has 7 nitrogen and oxygen atoms in total. The number of rotatable bonds is 3. The Morgan fingerprint density at radius 3 is 2.63 bits per heavy atom. The van der Waals surface area contributed by atoms with Crippen molar-refractivity contribution in [2.75, 3.05) is 11.1 Å². The number of nitrogens with one attached hydrogen (secondary N) is 1. The van der Waals surface area contributed by atoms with Crippen LogP contribution < -0.4 is 11.1 Å². The molecular weight excluding hydrogens is 378 g/mol. The highest BCUT2D eigenvalue weighted by molar-refractivity contribution is 6.04. The van der Waals surface area contributed by atoms with Gasteiger partial charge in [0.25, 0.3) is 5.91 Å². The topological polar surface area (TPSA) is 107 Å². The minimum atomic E-state index is -0.248. The molecule has 30 heavy (non-hydrogen) atoms. The second-order valence-corrected chi connectivity index (χ2v) is 8.31. The van der Waals surface area contributed by atoms with Gasteiger partial charge in [0, 0.05) is 28.6 Å². The third kappa shape index (κ3) is 3.87. The first-order valence-corrected chi connectivity index (χ1v) is 9.62. The summed E-state index contributed by atoms with van der Waals surface area (Å²) < 4.78 is 5.34. The molecule has 0 radical (unpaired) electrons. The van der Waals surface area contributed by atoms with Crippen molar-refractivity contribution in [3.05, 3.63) is 65.5 Å².